The quantitative estimate of drug-likeness (QED) is 0.807. The first-order valence-electron chi connectivity index (χ1n) is 7.95. The Morgan fingerprint density at radius 1 is 1.35 bits per heavy atom. The largest absolute Gasteiger partial charge is 0.459 e. The van der Waals surface area contributed by atoms with Gasteiger partial charge in [0, 0.05) is 12.2 Å². The molecule has 6 nitrogen and oxygen atoms in total. The highest BCUT2D eigenvalue weighted by Crippen LogP contribution is 2.13. The first-order valence-corrected chi connectivity index (χ1v) is 7.95. The number of benzene rings is 1. The Morgan fingerprint density at radius 2 is 2.04 bits per heavy atom. The second kappa shape index (κ2) is 8.08. The van der Waals surface area contributed by atoms with E-state index in [0.717, 1.165) is 19.4 Å². The number of carbonyl (C=O) groups excluding carboxylic acids is 2. The first kappa shape index (κ1) is 17.4. The van der Waals surface area contributed by atoms with Gasteiger partial charge in [0.15, 0.2) is 0 Å². The average molecular weight is 320 g/mol. The van der Waals surface area contributed by atoms with E-state index in [1.165, 1.54) is 0 Å². The minimum atomic E-state index is -0.375. The zero-order valence-corrected chi connectivity index (χ0v) is 13.6. The number of piperidine rings is 1. The lowest BCUT2D eigenvalue weighted by molar-refractivity contribution is -0.118. The molecule has 0 radical (unpaired) electrons. The molecule has 1 aliphatic rings. The predicted molar refractivity (Wildman–Crippen MR) is 87.3 cm³/mol. The van der Waals surface area contributed by atoms with E-state index in [1.54, 1.807) is 38.1 Å². The van der Waals surface area contributed by atoms with Gasteiger partial charge in [-0.15, -0.1) is 0 Å². The van der Waals surface area contributed by atoms with Crippen LogP contribution >= 0.6 is 0 Å². The molecule has 23 heavy (non-hydrogen) atoms. The summed E-state index contributed by atoms with van der Waals surface area (Å²) in [5.74, 6) is -0.503. The number of nitrogens with one attached hydrogen (secondary N) is 1. The normalized spacial score (nSPS) is 18.7. The lowest BCUT2D eigenvalue weighted by atomic mass is 10.1. The SMILES string of the molecule is CC(C)OC(=O)c1ccc(NC(=O)CN2CCC[C@H](O)C2)cc1. The van der Waals surface area contributed by atoms with Crippen molar-refractivity contribution in [1.82, 2.24) is 4.90 Å². The van der Waals surface area contributed by atoms with Gasteiger partial charge in [0.1, 0.15) is 0 Å². The molecular weight excluding hydrogens is 296 g/mol. The molecule has 1 aliphatic heterocycles. The minimum Gasteiger partial charge on any atom is -0.459 e. The molecule has 0 aromatic heterocycles. The molecule has 6 heteroatoms. The molecule has 126 valence electrons. The van der Waals surface area contributed by atoms with Crippen molar-refractivity contribution in [2.24, 2.45) is 0 Å². The van der Waals surface area contributed by atoms with Crippen LogP contribution in [0.5, 0.6) is 0 Å². The van der Waals surface area contributed by atoms with Crippen LogP contribution in [0, 0.1) is 0 Å². The molecule has 1 aromatic rings. The van der Waals surface area contributed by atoms with Crippen molar-refractivity contribution in [2.45, 2.75) is 38.9 Å². The Kier molecular flexibility index (Phi) is 6.12. The molecule has 2 rings (SSSR count). The summed E-state index contributed by atoms with van der Waals surface area (Å²) in [6.45, 7) is 5.21. The topological polar surface area (TPSA) is 78.9 Å². The molecule has 1 saturated heterocycles. The monoisotopic (exact) mass is 320 g/mol. The fraction of sp³-hybridized carbons (Fsp3) is 0.529. The molecular formula is C17H24N2O4. The molecule has 1 amide bonds. The average Bonchev–Trinajstić information content (AvgIpc) is 2.47. The lowest BCUT2D eigenvalue weighted by Crippen LogP contribution is -2.42. The number of anilines is 1. The van der Waals surface area contributed by atoms with Crippen LogP contribution in [0.3, 0.4) is 0 Å². The summed E-state index contributed by atoms with van der Waals surface area (Å²) in [7, 11) is 0. The number of likely N-dealkylation sites (tertiary alicyclic amines) is 1. The van der Waals surface area contributed by atoms with Crippen molar-refractivity contribution in [3.8, 4) is 0 Å². The number of nitrogens with zero attached hydrogens (tertiary/aromatic N) is 1. The molecule has 0 spiro atoms. The van der Waals surface area contributed by atoms with Crippen LogP contribution in [0.2, 0.25) is 0 Å². The molecule has 1 fully saturated rings. The number of aliphatic hydroxyl groups is 1. The maximum Gasteiger partial charge on any atom is 0.338 e. The van der Waals surface area contributed by atoms with Gasteiger partial charge in [0.05, 0.1) is 24.3 Å². The number of ether oxygens (including phenoxy) is 1. The third-order valence-corrected chi connectivity index (χ3v) is 3.59. The van der Waals surface area contributed by atoms with Gasteiger partial charge in [-0.1, -0.05) is 0 Å². The maximum absolute atomic E-state index is 12.0. The van der Waals surface area contributed by atoms with E-state index in [-0.39, 0.29) is 30.6 Å². The van der Waals surface area contributed by atoms with Gasteiger partial charge in [-0.3, -0.25) is 9.69 Å². The Morgan fingerprint density at radius 3 is 2.65 bits per heavy atom. The Balaban J connectivity index is 1.85. The van der Waals surface area contributed by atoms with Crippen molar-refractivity contribution < 1.29 is 19.4 Å². The standard InChI is InChI=1S/C17H24N2O4/c1-12(2)23-17(22)13-5-7-14(8-6-13)18-16(21)11-19-9-3-4-15(20)10-19/h5-8,12,15,20H,3-4,9-11H2,1-2H3,(H,18,21)/t15-/m0/s1. The van der Waals surface area contributed by atoms with Crippen LogP contribution in [0.4, 0.5) is 5.69 Å². The molecule has 0 aliphatic carbocycles. The number of hydrogen-bond acceptors (Lipinski definition) is 5. The molecule has 0 saturated carbocycles. The van der Waals surface area contributed by atoms with E-state index < -0.39 is 0 Å². The minimum absolute atomic E-state index is 0.128. The number of hydrogen-bond donors (Lipinski definition) is 2. The fourth-order valence-electron chi connectivity index (χ4n) is 2.55. The van der Waals surface area contributed by atoms with Crippen LogP contribution in [0.1, 0.15) is 37.0 Å². The Bertz CT molecular complexity index is 542. The van der Waals surface area contributed by atoms with Crippen molar-refractivity contribution in [3.63, 3.8) is 0 Å². The van der Waals surface area contributed by atoms with E-state index in [1.807, 2.05) is 4.90 Å². The van der Waals surface area contributed by atoms with Gasteiger partial charge in [-0.25, -0.2) is 4.79 Å². The highest BCUT2D eigenvalue weighted by Gasteiger charge is 2.19. The zero-order valence-electron chi connectivity index (χ0n) is 13.6. The van der Waals surface area contributed by atoms with Gasteiger partial charge in [0.25, 0.3) is 0 Å². The van der Waals surface area contributed by atoms with E-state index >= 15 is 0 Å². The van der Waals surface area contributed by atoms with E-state index in [0.29, 0.717) is 17.8 Å². The van der Waals surface area contributed by atoms with Gasteiger partial charge >= 0.3 is 5.97 Å². The highest BCUT2D eigenvalue weighted by molar-refractivity contribution is 5.94. The van der Waals surface area contributed by atoms with Gasteiger partial charge in [0.2, 0.25) is 5.91 Å². The summed E-state index contributed by atoms with van der Waals surface area (Å²) in [5.41, 5.74) is 1.09. The van der Waals surface area contributed by atoms with E-state index in [4.69, 9.17) is 4.74 Å². The Labute approximate surface area is 136 Å². The van der Waals surface area contributed by atoms with E-state index in [2.05, 4.69) is 5.32 Å². The van der Waals surface area contributed by atoms with Crippen LogP contribution < -0.4 is 5.32 Å². The molecule has 1 aromatic carbocycles. The number of esters is 1. The fourth-order valence-corrected chi connectivity index (χ4v) is 2.55. The number of carbonyl (C=O) groups is 2. The molecule has 1 atom stereocenters. The number of β-amino-alcohol motifs (C(OH)–C–C–N with tert-alkyl or cyclic N) is 1. The predicted octanol–water partition coefficient (Wildman–Crippen LogP) is 1.65. The molecule has 2 N–H and O–H groups in total. The van der Waals surface area contributed by atoms with Crippen LogP contribution in [0.25, 0.3) is 0 Å². The number of amides is 1. The van der Waals surface area contributed by atoms with Gasteiger partial charge in [-0.2, -0.15) is 0 Å². The summed E-state index contributed by atoms with van der Waals surface area (Å²) in [5, 5.41) is 12.4. The molecule has 0 bridgehead atoms. The lowest BCUT2D eigenvalue weighted by Gasteiger charge is -2.29. The third-order valence-electron chi connectivity index (χ3n) is 3.59. The smallest absolute Gasteiger partial charge is 0.338 e. The highest BCUT2D eigenvalue weighted by atomic mass is 16.5. The van der Waals surface area contributed by atoms with Gasteiger partial charge in [-0.05, 0) is 57.5 Å². The third kappa shape index (κ3) is 5.65. The summed E-state index contributed by atoms with van der Waals surface area (Å²) in [6, 6.07) is 6.62. The molecule has 1 heterocycles. The number of aliphatic hydroxyl groups excluding tert-OH is 1. The summed E-state index contributed by atoms with van der Waals surface area (Å²) in [4.78, 5) is 25.7. The Hall–Kier alpha value is -1.92. The second-order valence-corrected chi connectivity index (χ2v) is 6.11. The van der Waals surface area contributed by atoms with E-state index in [9.17, 15) is 14.7 Å². The van der Waals surface area contributed by atoms with Crippen LogP contribution in [-0.4, -0.2) is 53.7 Å². The van der Waals surface area contributed by atoms with Crippen molar-refractivity contribution in [2.75, 3.05) is 25.0 Å². The first-order chi connectivity index (χ1) is 10.9. The molecule has 0 unspecified atom stereocenters. The van der Waals surface area contributed by atoms with Crippen LogP contribution in [-0.2, 0) is 9.53 Å². The number of rotatable bonds is 5. The van der Waals surface area contributed by atoms with Crippen molar-refractivity contribution in [1.29, 1.82) is 0 Å². The maximum atomic E-state index is 12.0. The van der Waals surface area contributed by atoms with Crippen LogP contribution in [0.15, 0.2) is 24.3 Å². The second-order valence-electron chi connectivity index (χ2n) is 6.11. The summed E-state index contributed by atoms with van der Waals surface area (Å²) >= 11 is 0. The van der Waals surface area contributed by atoms with Gasteiger partial charge < -0.3 is 15.2 Å². The van der Waals surface area contributed by atoms with Crippen molar-refractivity contribution in [3.05, 3.63) is 29.8 Å². The van der Waals surface area contributed by atoms with Crippen molar-refractivity contribution >= 4 is 17.6 Å². The summed E-state index contributed by atoms with van der Waals surface area (Å²) < 4.78 is 5.11. The zero-order chi connectivity index (χ0) is 16.8. The summed E-state index contributed by atoms with van der Waals surface area (Å²) in [6.07, 6.45) is 1.19.